The first-order valence-corrected chi connectivity index (χ1v) is 3.34. The number of halogens is 3. The van der Waals surface area contributed by atoms with E-state index in [-0.39, 0.29) is 4.47 Å². The van der Waals surface area contributed by atoms with Crippen LogP contribution in [0.2, 0.25) is 5.02 Å². The Bertz CT molecular complexity index is 208. The van der Waals surface area contributed by atoms with Crippen molar-refractivity contribution < 1.29 is 4.39 Å². The molecular formula is C5H2BrClFN. The molecular weight excluding hydrogens is 208 g/mol. The van der Waals surface area contributed by atoms with Gasteiger partial charge in [0, 0.05) is 6.20 Å². The Morgan fingerprint density at radius 3 is 2.78 bits per heavy atom. The van der Waals surface area contributed by atoms with Crippen molar-refractivity contribution >= 4 is 27.5 Å². The molecule has 1 aromatic rings. The summed E-state index contributed by atoms with van der Waals surface area (Å²) in [5, 5.41) is 0.336. The summed E-state index contributed by atoms with van der Waals surface area (Å²) >= 11 is 8.40. The van der Waals surface area contributed by atoms with Crippen molar-refractivity contribution in [1.82, 2.24) is 4.98 Å². The zero-order valence-electron chi connectivity index (χ0n) is 4.24. The summed E-state index contributed by atoms with van der Waals surface area (Å²) in [4.78, 5) is 3.34. The second-order valence-electron chi connectivity index (χ2n) is 1.40. The minimum atomic E-state index is -0.581. The zero-order valence-corrected chi connectivity index (χ0v) is 6.58. The fourth-order valence-electron chi connectivity index (χ4n) is 0.397. The molecule has 0 atom stereocenters. The van der Waals surface area contributed by atoms with Crippen LogP contribution in [0.25, 0.3) is 0 Å². The molecule has 0 fully saturated rings. The van der Waals surface area contributed by atoms with Crippen molar-refractivity contribution in [3.05, 3.63) is 27.7 Å². The van der Waals surface area contributed by atoms with Crippen LogP contribution in [0.1, 0.15) is 0 Å². The van der Waals surface area contributed by atoms with Crippen molar-refractivity contribution in [2.45, 2.75) is 0 Å². The smallest absolute Gasteiger partial charge is 0.227 e. The summed E-state index contributed by atoms with van der Waals surface area (Å²) in [7, 11) is 0. The molecule has 1 rings (SSSR count). The molecule has 0 amide bonds. The van der Waals surface area contributed by atoms with Gasteiger partial charge >= 0.3 is 0 Å². The molecule has 1 aromatic heterocycles. The highest BCUT2D eigenvalue weighted by Crippen LogP contribution is 2.22. The van der Waals surface area contributed by atoms with Crippen LogP contribution >= 0.6 is 27.5 Å². The highest BCUT2D eigenvalue weighted by molar-refractivity contribution is 9.10. The summed E-state index contributed by atoms with van der Waals surface area (Å²) in [6.07, 6.45) is 1.31. The lowest BCUT2D eigenvalue weighted by atomic mass is 10.5. The first-order chi connectivity index (χ1) is 4.22. The SMILES string of the molecule is Fc1nccc(Cl)c1Br. The van der Waals surface area contributed by atoms with E-state index >= 15 is 0 Å². The average molecular weight is 210 g/mol. The van der Waals surface area contributed by atoms with E-state index in [2.05, 4.69) is 20.9 Å². The van der Waals surface area contributed by atoms with E-state index in [0.29, 0.717) is 5.02 Å². The molecule has 0 unspecified atom stereocenters. The Hall–Kier alpha value is -0.150. The van der Waals surface area contributed by atoms with Crippen molar-refractivity contribution in [3.8, 4) is 0 Å². The fourth-order valence-corrected chi connectivity index (χ4v) is 0.765. The lowest BCUT2D eigenvalue weighted by Crippen LogP contribution is -1.81. The maximum Gasteiger partial charge on any atom is 0.228 e. The van der Waals surface area contributed by atoms with E-state index < -0.39 is 5.95 Å². The molecule has 0 aliphatic rings. The van der Waals surface area contributed by atoms with Crippen LogP contribution in [0.3, 0.4) is 0 Å². The van der Waals surface area contributed by atoms with Crippen LogP contribution in [-0.2, 0) is 0 Å². The van der Waals surface area contributed by atoms with E-state index in [4.69, 9.17) is 11.6 Å². The van der Waals surface area contributed by atoms with Crippen LogP contribution in [0.15, 0.2) is 16.7 Å². The van der Waals surface area contributed by atoms with E-state index in [9.17, 15) is 4.39 Å². The molecule has 0 bridgehead atoms. The molecule has 0 aliphatic heterocycles. The van der Waals surface area contributed by atoms with Crippen molar-refractivity contribution in [1.29, 1.82) is 0 Å². The van der Waals surface area contributed by atoms with Crippen LogP contribution in [-0.4, -0.2) is 4.98 Å². The average Bonchev–Trinajstić information content (AvgIpc) is 1.83. The minimum Gasteiger partial charge on any atom is -0.227 e. The molecule has 1 nitrogen and oxygen atoms in total. The van der Waals surface area contributed by atoms with Gasteiger partial charge in [-0.15, -0.1) is 0 Å². The van der Waals surface area contributed by atoms with Crippen LogP contribution in [0.4, 0.5) is 4.39 Å². The largest absolute Gasteiger partial charge is 0.228 e. The van der Waals surface area contributed by atoms with Gasteiger partial charge < -0.3 is 0 Å². The molecule has 1 heterocycles. The minimum absolute atomic E-state index is 0.215. The van der Waals surface area contributed by atoms with E-state index in [1.807, 2.05) is 0 Å². The summed E-state index contributed by atoms with van der Waals surface area (Å²) < 4.78 is 12.6. The lowest BCUT2D eigenvalue weighted by molar-refractivity contribution is 0.577. The third kappa shape index (κ3) is 1.40. The summed E-state index contributed by atoms with van der Waals surface area (Å²) in [6.45, 7) is 0. The van der Waals surface area contributed by atoms with E-state index in [1.54, 1.807) is 0 Å². The molecule has 0 aromatic carbocycles. The second-order valence-corrected chi connectivity index (χ2v) is 2.60. The molecule has 0 aliphatic carbocycles. The number of rotatable bonds is 0. The van der Waals surface area contributed by atoms with Crippen molar-refractivity contribution in [2.75, 3.05) is 0 Å². The van der Waals surface area contributed by atoms with E-state index in [1.165, 1.54) is 12.3 Å². The topological polar surface area (TPSA) is 12.9 Å². The highest BCUT2D eigenvalue weighted by atomic mass is 79.9. The van der Waals surface area contributed by atoms with Crippen LogP contribution < -0.4 is 0 Å². The molecule has 0 saturated carbocycles. The normalized spacial score (nSPS) is 9.67. The fraction of sp³-hybridized carbons (Fsp3) is 0. The maximum atomic E-state index is 12.3. The van der Waals surface area contributed by atoms with Crippen LogP contribution in [0, 0.1) is 5.95 Å². The summed E-state index contributed by atoms with van der Waals surface area (Å²) in [5.74, 6) is -0.581. The Balaban J connectivity index is 3.25. The van der Waals surface area contributed by atoms with Gasteiger partial charge in [0.15, 0.2) is 0 Å². The van der Waals surface area contributed by atoms with Gasteiger partial charge in [-0.3, -0.25) is 0 Å². The monoisotopic (exact) mass is 209 g/mol. The van der Waals surface area contributed by atoms with Gasteiger partial charge in [-0.05, 0) is 22.0 Å². The molecule has 48 valence electrons. The second kappa shape index (κ2) is 2.62. The third-order valence-corrected chi connectivity index (χ3v) is 2.10. The first-order valence-electron chi connectivity index (χ1n) is 2.17. The summed E-state index contributed by atoms with van der Waals surface area (Å²) in [6, 6.07) is 1.51. The van der Waals surface area contributed by atoms with Crippen molar-refractivity contribution in [3.63, 3.8) is 0 Å². The third-order valence-electron chi connectivity index (χ3n) is 0.800. The van der Waals surface area contributed by atoms with Gasteiger partial charge in [0.25, 0.3) is 0 Å². The quantitative estimate of drug-likeness (QED) is 0.600. The predicted octanol–water partition coefficient (Wildman–Crippen LogP) is 2.64. The predicted molar refractivity (Wildman–Crippen MR) is 36.9 cm³/mol. The molecule has 0 saturated heterocycles. The molecule has 9 heavy (non-hydrogen) atoms. The lowest BCUT2D eigenvalue weighted by Gasteiger charge is -1.92. The van der Waals surface area contributed by atoms with Gasteiger partial charge in [0.2, 0.25) is 5.95 Å². The Labute approximate surface area is 65.0 Å². The first kappa shape index (κ1) is 6.96. The Morgan fingerprint density at radius 1 is 1.67 bits per heavy atom. The van der Waals surface area contributed by atoms with Gasteiger partial charge in [-0.1, -0.05) is 11.6 Å². The number of pyridine rings is 1. The number of hydrogen-bond acceptors (Lipinski definition) is 1. The number of nitrogens with zero attached hydrogens (tertiary/aromatic N) is 1. The summed E-state index contributed by atoms with van der Waals surface area (Å²) in [5.41, 5.74) is 0. The maximum absolute atomic E-state index is 12.3. The molecule has 0 spiro atoms. The van der Waals surface area contributed by atoms with Gasteiger partial charge in [-0.25, -0.2) is 4.98 Å². The molecule has 4 heteroatoms. The molecule has 0 N–H and O–H groups in total. The van der Waals surface area contributed by atoms with Crippen LogP contribution in [0.5, 0.6) is 0 Å². The number of aromatic nitrogens is 1. The zero-order chi connectivity index (χ0) is 6.85. The van der Waals surface area contributed by atoms with Crippen molar-refractivity contribution in [2.24, 2.45) is 0 Å². The van der Waals surface area contributed by atoms with Gasteiger partial charge in [-0.2, -0.15) is 4.39 Å². The Morgan fingerprint density at radius 2 is 2.33 bits per heavy atom. The Kier molecular flexibility index (Phi) is 2.03. The highest BCUT2D eigenvalue weighted by Gasteiger charge is 2.01. The van der Waals surface area contributed by atoms with E-state index in [0.717, 1.165) is 0 Å². The standard InChI is InChI=1S/C5H2BrClFN/c6-4-3(7)1-2-9-5(4)8/h1-2H. The van der Waals surface area contributed by atoms with Gasteiger partial charge in [0.05, 0.1) is 9.50 Å². The van der Waals surface area contributed by atoms with Gasteiger partial charge in [0.1, 0.15) is 0 Å². The molecule has 0 radical (unpaired) electrons. The number of hydrogen-bond donors (Lipinski definition) is 0.